The third-order valence-electron chi connectivity index (χ3n) is 4.76. The molecule has 116 valence electrons. The summed E-state index contributed by atoms with van der Waals surface area (Å²) in [5.41, 5.74) is -0.00299. The molecule has 3 fully saturated rings. The predicted octanol–water partition coefficient (Wildman–Crippen LogP) is 0.959. The molecule has 6 heteroatoms. The minimum absolute atomic E-state index is 0.00299. The second kappa shape index (κ2) is 5.55. The molecule has 0 aromatic carbocycles. The SMILES string of the molecule is CS(=O)(=O)NC[C@@H]1CCC[C@]2(CCN(CC3CC3)C2)O1. The van der Waals surface area contributed by atoms with Crippen LogP contribution in [0.1, 0.15) is 38.5 Å². The van der Waals surface area contributed by atoms with Gasteiger partial charge in [-0.05, 0) is 44.4 Å². The molecule has 1 spiro atoms. The molecule has 1 saturated carbocycles. The highest BCUT2D eigenvalue weighted by molar-refractivity contribution is 7.88. The number of nitrogens with zero attached hydrogens (tertiary/aromatic N) is 1. The Morgan fingerprint density at radius 2 is 2.10 bits per heavy atom. The Morgan fingerprint density at radius 3 is 2.80 bits per heavy atom. The molecule has 0 amide bonds. The molecule has 2 heterocycles. The number of nitrogens with one attached hydrogen (secondary N) is 1. The van der Waals surface area contributed by atoms with Gasteiger partial charge in [0.25, 0.3) is 0 Å². The standard InChI is InChI=1S/C14H26N2O3S/c1-20(17,18)15-9-13-3-2-6-14(19-13)7-8-16(11-14)10-12-4-5-12/h12-13,15H,2-11H2,1H3/t13-,14+/m0/s1. The van der Waals surface area contributed by atoms with E-state index in [4.69, 9.17) is 4.74 Å². The van der Waals surface area contributed by atoms with Gasteiger partial charge >= 0.3 is 0 Å². The second-order valence-corrected chi connectivity index (χ2v) is 8.70. The molecule has 2 aliphatic heterocycles. The molecule has 0 aromatic heterocycles. The van der Waals surface area contributed by atoms with Crippen LogP contribution >= 0.6 is 0 Å². The van der Waals surface area contributed by atoms with E-state index < -0.39 is 10.0 Å². The van der Waals surface area contributed by atoms with Crippen LogP contribution in [-0.4, -0.2) is 57.5 Å². The van der Waals surface area contributed by atoms with Crippen LogP contribution in [0.4, 0.5) is 0 Å². The van der Waals surface area contributed by atoms with E-state index in [0.717, 1.165) is 44.7 Å². The molecule has 2 atom stereocenters. The lowest BCUT2D eigenvalue weighted by Gasteiger charge is -2.38. The molecule has 2 saturated heterocycles. The smallest absolute Gasteiger partial charge is 0.208 e. The summed E-state index contributed by atoms with van der Waals surface area (Å²) in [6.45, 7) is 3.84. The van der Waals surface area contributed by atoms with Crippen LogP contribution in [0.5, 0.6) is 0 Å². The van der Waals surface area contributed by atoms with Gasteiger partial charge in [0.15, 0.2) is 0 Å². The van der Waals surface area contributed by atoms with Crippen LogP contribution in [0.15, 0.2) is 0 Å². The van der Waals surface area contributed by atoms with Gasteiger partial charge in [-0.1, -0.05) is 0 Å². The third-order valence-corrected chi connectivity index (χ3v) is 5.45. The molecule has 0 radical (unpaired) electrons. The fourth-order valence-electron chi connectivity index (χ4n) is 3.56. The minimum Gasteiger partial charge on any atom is -0.369 e. The number of sulfonamides is 1. The van der Waals surface area contributed by atoms with E-state index >= 15 is 0 Å². The van der Waals surface area contributed by atoms with Crippen LogP contribution in [0, 0.1) is 5.92 Å². The number of likely N-dealkylation sites (tertiary alicyclic amines) is 1. The van der Waals surface area contributed by atoms with E-state index in [1.54, 1.807) is 0 Å². The van der Waals surface area contributed by atoms with Crippen molar-refractivity contribution in [1.82, 2.24) is 9.62 Å². The van der Waals surface area contributed by atoms with E-state index in [0.29, 0.717) is 6.54 Å². The summed E-state index contributed by atoms with van der Waals surface area (Å²) in [4.78, 5) is 2.55. The molecule has 1 N–H and O–H groups in total. The highest BCUT2D eigenvalue weighted by atomic mass is 32.2. The van der Waals surface area contributed by atoms with Crippen molar-refractivity contribution in [3.8, 4) is 0 Å². The summed E-state index contributed by atoms with van der Waals surface area (Å²) in [6, 6.07) is 0. The molecule has 0 bridgehead atoms. The first-order valence-electron chi connectivity index (χ1n) is 7.79. The molecule has 3 rings (SSSR count). The van der Waals surface area contributed by atoms with E-state index in [1.165, 1.54) is 25.6 Å². The topological polar surface area (TPSA) is 58.6 Å². The number of ether oxygens (including phenoxy) is 1. The fraction of sp³-hybridized carbons (Fsp3) is 1.00. The fourth-order valence-corrected chi connectivity index (χ4v) is 4.05. The van der Waals surface area contributed by atoms with Crippen LogP contribution in [0.25, 0.3) is 0 Å². The summed E-state index contributed by atoms with van der Waals surface area (Å²) >= 11 is 0. The Hall–Kier alpha value is -0.170. The van der Waals surface area contributed by atoms with Crippen LogP contribution in [-0.2, 0) is 14.8 Å². The average Bonchev–Trinajstić information content (AvgIpc) is 3.10. The summed E-state index contributed by atoms with van der Waals surface area (Å²) in [5.74, 6) is 0.927. The van der Waals surface area contributed by atoms with Crippen molar-refractivity contribution in [2.24, 2.45) is 5.92 Å². The predicted molar refractivity (Wildman–Crippen MR) is 78.1 cm³/mol. The maximum Gasteiger partial charge on any atom is 0.208 e. The number of hydrogen-bond acceptors (Lipinski definition) is 4. The highest BCUT2D eigenvalue weighted by Crippen LogP contribution is 2.38. The lowest BCUT2D eigenvalue weighted by molar-refractivity contribution is -0.117. The van der Waals surface area contributed by atoms with E-state index in [1.807, 2.05) is 0 Å². The molecular weight excluding hydrogens is 276 g/mol. The second-order valence-electron chi connectivity index (χ2n) is 6.86. The molecular formula is C14H26N2O3S. The van der Waals surface area contributed by atoms with Gasteiger partial charge in [0.05, 0.1) is 18.0 Å². The first-order valence-corrected chi connectivity index (χ1v) is 9.68. The molecule has 5 nitrogen and oxygen atoms in total. The number of hydrogen-bond donors (Lipinski definition) is 1. The maximum absolute atomic E-state index is 11.2. The summed E-state index contributed by atoms with van der Waals surface area (Å²) < 4.78 is 31.3. The van der Waals surface area contributed by atoms with Crippen molar-refractivity contribution in [3.63, 3.8) is 0 Å². The normalized spacial score (nSPS) is 35.8. The van der Waals surface area contributed by atoms with Crippen molar-refractivity contribution >= 4 is 10.0 Å². The zero-order valence-corrected chi connectivity index (χ0v) is 13.1. The molecule has 1 aliphatic carbocycles. The van der Waals surface area contributed by atoms with Gasteiger partial charge in [0.1, 0.15) is 0 Å². The first kappa shape index (κ1) is 14.8. The minimum atomic E-state index is -3.12. The Morgan fingerprint density at radius 1 is 1.30 bits per heavy atom. The van der Waals surface area contributed by atoms with Gasteiger partial charge in [-0.15, -0.1) is 0 Å². The molecule has 0 aromatic rings. The monoisotopic (exact) mass is 302 g/mol. The van der Waals surface area contributed by atoms with Crippen molar-refractivity contribution in [2.75, 3.05) is 32.4 Å². The van der Waals surface area contributed by atoms with E-state index in [2.05, 4.69) is 9.62 Å². The van der Waals surface area contributed by atoms with Crippen molar-refractivity contribution in [2.45, 2.75) is 50.2 Å². The van der Waals surface area contributed by atoms with Gasteiger partial charge < -0.3 is 9.64 Å². The molecule has 3 aliphatic rings. The largest absolute Gasteiger partial charge is 0.369 e. The maximum atomic E-state index is 11.2. The van der Waals surface area contributed by atoms with Crippen LogP contribution in [0.2, 0.25) is 0 Å². The Balaban J connectivity index is 1.52. The summed E-state index contributed by atoms with van der Waals surface area (Å²) in [6.07, 6.45) is 8.38. The Bertz CT molecular complexity index is 449. The Labute approximate surface area is 122 Å². The summed E-state index contributed by atoms with van der Waals surface area (Å²) in [5, 5.41) is 0. The Kier molecular flexibility index (Phi) is 4.10. The van der Waals surface area contributed by atoms with Crippen LogP contribution < -0.4 is 4.72 Å². The van der Waals surface area contributed by atoms with Crippen molar-refractivity contribution in [3.05, 3.63) is 0 Å². The lowest BCUT2D eigenvalue weighted by atomic mass is 9.90. The first-order chi connectivity index (χ1) is 9.44. The summed E-state index contributed by atoms with van der Waals surface area (Å²) in [7, 11) is -3.12. The average molecular weight is 302 g/mol. The van der Waals surface area contributed by atoms with Gasteiger partial charge in [-0.2, -0.15) is 0 Å². The van der Waals surface area contributed by atoms with Gasteiger partial charge in [-0.25, -0.2) is 13.1 Å². The zero-order chi connectivity index (χ0) is 14.2. The van der Waals surface area contributed by atoms with E-state index in [-0.39, 0.29) is 11.7 Å². The van der Waals surface area contributed by atoms with Gasteiger partial charge in [0, 0.05) is 26.2 Å². The quantitative estimate of drug-likeness (QED) is 0.822. The van der Waals surface area contributed by atoms with E-state index in [9.17, 15) is 8.42 Å². The van der Waals surface area contributed by atoms with Crippen molar-refractivity contribution < 1.29 is 13.2 Å². The molecule has 20 heavy (non-hydrogen) atoms. The number of rotatable bonds is 5. The van der Waals surface area contributed by atoms with Gasteiger partial charge in [-0.3, -0.25) is 0 Å². The lowest BCUT2D eigenvalue weighted by Crippen LogP contribution is -2.46. The van der Waals surface area contributed by atoms with Gasteiger partial charge in [0.2, 0.25) is 10.0 Å². The highest BCUT2D eigenvalue weighted by Gasteiger charge is 2.43. The zero-order valence-electron chi connectivity index (χ0n) is 12.3. The third kappa shape index (κ3) is 3.93. The van der Waals surface area contributed by atoms with Crippen LogP contribution in [0.3, 0.4) is 0 Å². The molecule has 0 unspecified atom stereocenters. The van der Waals surface area contributed by atoms with Crippen molar-refractivity contribution in [1.29, 1.82) is 0 Å².